The van der Waals surface area contributed by atoms with Gasteiger partial charge in [0.05, 0.1) is 4.90 Å². The molecule has 16 heavy (non-hydrogen) atoms. The van der Waals surface area contributed by atoms with E-state index in [1.54, 1.807) is 6.07 Å². The third kappa shape index (κ3) is 3.46. The van der Waals surface area contributed by atoms with Gasteiger partial charge >= 0.3 is 0 Å². The van der Waals surface area contributed by atoms with Gasteiger partial charge in [-0.15, -0.1) is 0 Å². The van der Waals surface area contributed by atoms with Crippen LogP contribution in [0.2, 0.25) is 0 Å². The number of hydrogen-bond acceptors (Lipinski definition) is 4. The van der Waals surface area contributed by atoms with E-state index in [-0.39, 0.29) is 4.90 Å². The second-order valence-electron chi connectivity index (χ2n) is 2.93. The lowest BCUT2D eigenvalue weighted by atomic mass is 10.2. The molecular weight excluding hydrogens is 232 g/mol. The fraction of sp³-hybridized carbons (Fsp3) is 0. The smallest absolute Gasteiger partial charge is 0.267 e. The van der Waals surface area contributed by atoms with Gasteiger partial charge in [-0.25, -0.2) is 19.0 Å². The molecule has 0 bridgehead atoms. The molecule has 7 heteroatoms. The number of sulfonamides is 1. The van der Waals surface area contributed by atoms with E-state index in [1.165, 1.54) is 29.8 Å². The summed E-state index contributed by atoms with van der Waals surface area (Å²) in [5, 5.41) is 13.2. The molecule has 0 atom stereocenters. The molecule has 86 valence electrons. The maximum Gasteiger partial charge on any atom is 0.267 e. The van der Waals surface area contributed by atoms with Crippen molar-refractivity contribution in [3.63, 3.8) is 0 Å². The summed E-state index contributed by atoms with van der Waals surface area (Å²) in [5.74, 6) is -0.707. The monoisotopic (exact) mass is 242 g/mol. The SMILES string of the molecule is NS(=O)(=O)c1cccc(/C=C/C(=O)NO)c1. The number of benzene rings is 1. The van der Waals surface area contributed by atoms with Crippen molar-refractivity contribution in [2.24, 2.45) is 5.14 Å². The molecule has 0 unspecified atom stereocenters. The minimum Gasteiger partial charge on any atom is -0.288 e. The second-order valence-corrected chi connectivity index (χ2v) is 4.49. The highest BCUT2D eigenvalue weighted by atomic mass is 32.2. The van der Waals surface area contributed by atoms with Crippen molar-refractivity contribution < 1.29 is 18.4 Å². The van der Waals surface area contributed by atoms with E-state index in [4.69, 9.17) is 10.3 Å². The molecule has 1 rings (SSSR count). The number of carbonyl (C=O) groups excluding carboxylic acids is 1. The Hall–Kier alpha value is -1.70. The Morgan fingerprint density at radius 3 is 2.69 bits per heavy atom. The molecule has 0 aromatic heterocycles. The summed E-state index contributed by atoms with van der Waals surface area (Å²) >= 11 is 0. The van der Waals surface area contributed by atoms with Crippen LogP contribution in [-0.4, -0.2) is 19.5 Å². The van der Waals surface area contributed by atoms with Crippen molar-refractivity contribution in [2.75, 3.05) is 0 Å². The highest BCUT2D eigenvalue weighted by Gasteiger charge is 2.06. The highest BCUT2D eigenvalue weighted by molar-refractivity contribution is 7.89. The van der Waals surface area contributed by atoms with Gasteiger partial charge in [-0.2, -0.15) is 0 Å². The van der Waals surface area contributed by atoms with Gasteiger partial charge in [-0.1, -0.05) is 12.1 Å². The van der Waals surface area contributed by atoms with Crippen molar-refractivity contribution in [3.8, 4) is 0 Å². The molecule has 0 fully saturated rings. The largest absolute Gasteiger partial charge is 0.288 e. The topological polar surface area (TPSA) is 109 Å². The normalized spacial score (nSPS) is 11.6. The summed E-state index contributed by atoms with van der Waals surface area (Å²) in [6.45, 7) is 0. The number of nitrogens with two attached hydrogens (primary N) is 1. The van der Waals surface area contributed by atoms with E-state index in [0.29, 0.717) is 5.56 Å². The van der Waals surface area contributed by atoms with Crippen molar-refractivity contribution >= 4 is 22.0 Å². The summed E-state index contributed by atoms with van der Waals surface area (Å²) in [6, 6.07) is 5.75. The molecule has 1 aromatic carbocycles. The fourth-order valence-electron chi connectivity index (χ4n) is 1.00. The Morgan fingerprint density at radius 2 is 2.12 bits per heavy atom. The van der Waals surface area contributed by atoms with Crippen LogP contribution in [0.1, 0.15) is 5.56 Å². The number of nitrogens with one attached hydrogen (secondary N) is 1. The van der Waals surface area contributed by atoms with E-state index >= 15 is 0 Å². The summed E-state index contributed by atoms with van der Waals surface area (Å²) in [4.78, 5) is 10.6. The standard InChI is InChI=1S/C9H10N2O4S/c10-16(14,15)8-3-1-2-7(6-8)4-5-9(12)11-13/h1-6,13H,(H,11,12)(H2,10,14,15)/b5-4+. The quantitative estimate of drug-likeness (QED) is 0.389. The lowest BCUT2D eigenvalue weighted by Crippen LogP contribution is -2.14. The molecule has 0 saturated heterocycles. The maximum absolute atomic E-state index is 11.0. The number of hydroxylamine groups is 1. The van der Waals surface area contributed by atoms with Crippen LogP contribution in [0.3, 0.4) is 0 Å². The molecule has 6 nitrogen and oxygen atoms in total. The van der Waals surface area contributed by atoms with E-state index in [1.807, 2.05) is 0 Å². The van der Waals surface area contributed by atoms with Crippen LogP contribution in [0.25, 0.3) is 6.08 Å². The van der Waals surface area contributed by atoms with Crippen LogP contribution in [0.5, 0.6) is 0 Å². The number of hydrogen-bond donors (Lipinski definition) is 3. The summed E-state index contributed by atoms with van der Waals surface area (Å²) in [5.41, 5.74) is 1.89. The van der Waals surface area contributed by atoms with Gasteiger partial charge < -0.3 is 0 Å². The molecule has 1 amide bonds. The van der Waals surface area contributed by atoms with Crippen molar-refractivity contribution in [1.29, 1.82) is 0 Å². The van der Waals surface area contributed by atoms with E-state index in [9.17, 15) is 13.2 Å². The molecular formula is C9H10N2O4S. The molecule has 4 N–H and O–H groups in total. The Kier molecular flexibility index (Phi) is 3.78. The minimum atomic E-state index is -3.75. The van der Waals surface area contributed by atoms with Crippen LogP contribution >= 0.6 is 0 Å². The van der Waals surface area contributed by atoms with Crippen molar-refractivity contribution in [1.82, 2.24) is 5.48 Å². The van der Waals surface area contributed by atoms with Gasteiger partial charge in [0.15, 0.2) is 0 Å². The average molecular weight is 242 g/mol. The zero-order valence-electron chi connectivity index (χ0n) is 8.12. The molecule has 0 aliphatic carbocycles. The minimum absolute atomic E-state index is 0.0425. The first kappa shape index (κ1) is 12.4. The highest BCUT2D eigenvalue weighted by Crippen LogP contribution is 2.10. The summed E-state index contributed by atoms with van der Waals surface area (Å²) in [6.07, 6.45) is 2.41. The van der Waals surface area contributed by atoms with E-state index in [0.717, 1.165) is 6.08 Å². The first-order chi connectivity index (χ1) is 7.43. The molecule has 1 aromatic rings. The fourth-order valence-corrected chi connectivity index (χ4v) is 1.57. The van der Waals surface area contributed by atoms with Crippen LogP contribution in [0, 0.1) is 0 Å². The van der Waals surface area contributed by atoms with Crippen molar-refractivity contribution in [3.05, 3.63) is 35.9 Å². The summed E-state index contributed by atoms with van der Waals surface area (Å²) < 4.78 is 22.0. The second kappa shape index (κ2) is 4.88. The lowest BCUT2D eigenvalue weighted by molar-refractivity contribution is -0.124. The molecule has 0 spiro atoms. The number of primary sulfonamides is 1. The molecule has 0 saturated carbocycles. The predicted octanol–water partition coefficient (Wildman–Crippen LogP) is -0.147. The van der Waals surface area contributed by atoms with Crippen LogP contribution in [0.15, 0.2) is 35.2 Å². The number of amides is 1. The zero-order chi connectivity index (χ0) is 12.2. The Labute approximate surface area is 92.4 Å². The van der Waals surface area contributed by atoms with E-state index < -0.39 is 15.9 Å². The number of rotatable bonds is 3. The van der Waals surface area contributed by atoms with Gasteiger partial charge in [-0.05, 0) is 23.8 Å². The predicted molar refractivity (Wildman–Crippen MR) is 56.8 cm³/mol. The third-order valence-corrected chi connectivity index (χ3v) is 2.63. The van der Waals surface area contributed by atoms with Gasteiger partial charge in [-0.3, -0.25) is 10.0 Å². The van der Waals surface area contributed by atoms with Gasteiger partial charge in [0, 0.05) is 6.08 Å². The van der Waals surface area contributed by atoms with Gasteiger partial charge in [0.2, 0.25) is 10.0 Å². The molecule has 0 heterocycles. The van der Waals surface area contributed by atoms with Gasteiger partial charge in [0.1, 0.15) is 0 Å². The molecule has 0 radical (unpaired) electrons. The third-order valence-electron chi connectivity index (χ3n) is 1.72. The van der Waals surface area contributed by atoms with Crippen molar-refractivity contribution in [2.45, 2.75) is 4.90 Å². The average Bonchev–Trinajstić information content (AvgIpc) is 2.25. The van der Waals surface area contributed by atoms with Crippen LogP contribution in [-0.2, 0) is 14.8 Å². The summed E-state index contributed by atoms with van der Waals surface area (Å²) in [7, 11) is -3.75. The lowest BCUT2D eigenvalue weighted by Gasteiger charge is -1.99. The molecule has 0 aliphatic heterocycles. The van der Waals surface area contributed by atoms with Crippen LogP contribution < -0.4 is 10.6 Å². The first-order valence-corrected chi connectivity index (χ1v) is 5.73. The Bertz CT molecular complexity index is 522. The van der Waals surface area contributed by atoms with Gasteiger partial charge in [0.25, 0.3) is 5.91 Å². The van der Waals surface area contributed by atoms with E-state index in [2.05, 4.69) is 0 Å². The zero-order valence-corrected chi connectivity index (χ0v) is 8.94. The first-order valence-electron chi connectivity index (χ1n) is 4.18. The number of carbonyl (C=O) groups is 1. The molecule has 0 aliphatic rings. The Balaban J connectivity index is 3.01. The maximum atomic E-state index is 11.0. The van der Waals surface area contributed by atoms with Crippen LogP contribution in [0.4, 0.5) is 0 Å². The Morgan fingerprint density at radius 1 is 1.44 bits per heavy atom.